The number of carbonyl (C=O) groups is 1. The molecule has 0 amide bonds. The van der Waals surface area contributed by atoms with Crippen molar-refractivity contribution in [3.05, 3.63) is 0 Å². The van der Waals surface area contributed by atoms with E-state index in [-0.39, 0.29) is 35.0 Å². The number of aliphatic carboxylic acids is 1. The maximum Gasteiger partial charge on any atom is 0.306 e. The first-order valence-electron chi connectivity index (χ1n) is 10.2. The van der Waals surface area contributed by atoms with E-state index < -0.39 is 14.3 Å². The van der Waals surface area contributed by atoms with Gasteiger partial charge in [-0.25, -0.2) is 0 Å². The highest BCUT2D eigenvalue weighted by Crippen LogP contribution is 2.39. The Kier molecular flexibility index (Phi) is 10.1. The predicted octanol–water partition coefficient (Wildman–Crippen LogP) is 5.56. The zero-order valence-corrected chi connectivity index (χ0v) is 19.8. The molecule has 0 aromatic carbocycles. The second kappa shape index (κ2) is 10.2. The van der Waals surface area contributed by atoms with E-state index in [2.05, 4.69) is 47.7 Å². The van der Waals surface area contributed by atoms with Crippen LogP contribution in [0.4, 0.5) is 0 Å². The van der Waals surface area contributed by atoms with Crippen molar-refractivity contribution < 1.29 is 19.4 Å². The summed E-state index contributed by atoms with van der Waals surface area (Å²) in [5.41, 5.74) is 0. The zero-order chi connectivity index (χ0) is 20.9. The van der Waals surface area contributed by atoms with Crippen molar-refractivity contribution in [2.24, 2.45) is 23.7 Å². The van der Waals surface area contributed by atoms with Crippen molar-refractivity contribution in [2.75, 3.05) is 0 Å². The van der Waals surface area contributed by atoms with E-state index in [1.54, 1.807) is 6.92 Å². The van der Waals surface area contributed by atoms with E-state index in [1.165, 1.54) is 0 Å². The first-order valence-corrected chi connectivity index (χ1v) is 13.1. The van der Waals surface area contributed by atoms with E-state index in [4.69, 9.17) is 9.53 Å². The van der Waals surface area contributed by atoms with Gasteiger partial charge in [-0.3, -0.25) is 4.79 Å². The fourth-order valence-corrected chi connectivity index (χ4v) is 4.49. The van der Waals surface area contributed by atoms with Crippen LogP contribution in [0.5, 0.6) is 0 Å². The van der Waals surface area contributed by atoms with Crippen molar-refractivity contribution in [1.29, 1.82) is 0 Å². The molecule has 0 aromatic heterocycles. The molecule has 2 N–H and O–H groups in total. The summed E-state index contributed by atoms with van der Waals surface area (Å²) >= 11 is 0. The molecular weight excluding hydrogens is 344 g/mol. The van der Waals surface area contributed by atoms with Crippen LogP contribution in [0.15, 0.2) is 0 Å². The van der Waals surface area contributed by atoms with Gasteiger partial charge < -0.3 is 14.6 Å². The average molecular weight is 389 g/mol. The van der Waals surface area contributed by atoms with Crippen molar-refractivity contribution in [2.45, 2.75) is 105 Å². The van der Waals surface area contributed by atoms with Crippen LogP contribution >= 0.6 is 0 Å². The van der Waals surface area contributed by atoms with Crippen LogP contribution in [0.3, 0.4) is 0 Å². The highest BCUT2D eigenvalue weighted by molar-refractivity contribution is 6.74. The zero-order valence-electron chi connectivity index (χ0n) is 18.8. The number of hydrogen-bond donors (Lipinski definition) is 2. The minimum absolute atomic E-state index is 0.0101. The molecule has 5 atom stereocenters. The van der Waals surface area contributed by atoms with E-state index in [0.717, 1.165) is 6.42 Å². The molecule has 156 valence electrons. The second-order valence-corrected chi connectivity index (χ2v) is 15.0. The topological polar surface area (TPSA) is 66.8 Å². The first kappa shape index (κ1) is 25.6. The van der Waals surface area contributed by atoms with Gasteiger partial charge in [-0.15, -0.1) is 0 Å². The third kappa shape index (κ3) is 8.53. The van der Waals surface area contributed by atoms with Gasteiger partial charge >= 0.3 is 5.97 Å². The van der Waals surface area contributed by atoms with Crippen LogP contribution in [-0.2, 0) is 9.22 Å². The van der Waals surface area contributed by atoms with Crippen molar-refractivity contribution in [3.63, 3.8) is 0 Å². The number of rotatable bonds is 11. The quantitative estimate of drug-likeness (QED) is 0.455. The second-order valence-electron chi connectivity index (χ2n) is 10.3. The summed E-state index contributed by atoms with van der Waals surface area (Å²) in [6, 6.07) is 0. The molecule has 0 unspecified atom stereocenters. The molecule has 4 nitrogen and oxygen atoms in total. The number of carboxylic acids is 1. The van der Waals surface area contributed by atoms with E-state index >= 15 is 0 Å². The largest absolute Gasteiger partial charge is 0.481 e. The maximum atomic E-state index is 11.1. The Bertz CT molecular complexity index is 428. The molecular formula is C21H44O4Si. The highest BCUT2D eigenvalue weighted by Gasteiger charge is 2.40. The number of hydrogen-bond acceptors (Lipinski definition) is 3. The summed E-state index contributed by atoms with van der Waals surface area (Å²) in [6.45, 7) is 21.4. The Labute approximate surface area is 162 Å². The molecule has 0 aromatic rings. The summed E-state index contributed by atoms with van der Waals surface area (Å²) < 4.78 is 6.70. The molecule has 0 fully saturated rings. The van der Waals surface area contributed by atoms with Gasteiger partial charge in [-0.2, -0.15) is 0 Å². The van der Waals surface area contributed by atoms with Crippen LogP contribution in [0.1, 0.15) is 74.7 Å². The summed E-state index contributed by atoms with van der Waals surface area (Å²) in [4.78, 5) is 11.1. The summed E-state index contributed by atoms with van der Waals surface area (Å²) in [5.74, 6) is -0.240. The van der Waals surface area contributed by atoms with Crippen LogP contribution in [-0.4, -0.2) is 36.7 Å². The molecule has 26 heavy (non-hydrogen) atoms. The average Bonchev–Trinajstić information content (AvgIpc) is 2.44. The Balaban J connectivity index is 5.16. The molecule has 0 saturated heterocycles. The number of carboxylic acid groups (broad SMARTS) is 1. The van der Waals surface area contributed by atoms with Gasteiger partial charge in [0, 0.05) is 0 Å². The van der Waals surface area contributed by atoms with Crippen LogP contribution in [0.25, 0.3) is 0 Å². The van der Waals surface area contributed by atoms with Gasteiger partial charge in [0.15, 0.2) is 8.32 Å². The Hall–Kier alpha value is -0.393. The smallest absolute Gasteiger partial charge is 0.306 e. The van der Waals surface area contributed by atoms with E-state index in [1.807, 2.05) is 13.8 Å². The first-order chi connectivity index (χ1) is 11.6. The van der Waals surface area contributed by atoms with Gasteiger partial charge in [0.2, 0.25) is 0 Å². The molecule has 5 heteroatoms. The maximum absolute atomic E-state index is 11.1. The summed E-state index contributed by atoms with van der Waals surface area (Å²) in [6.07, 6.45) is 1.88. The molecule has 0 spiro atoms. The molecule has 0 aliphatic carbocycles. The third-order valence-electron chi connectivity index (χ3n) is 6.08. The molecule has 0 bridgehead atoms. The van der Waals surface area contributed by atoms with E-state index in [9.17, 15) is 9.90 Å². The van der Waals surface area contributed by atoms with Gasteiger partial charge in [-0.05, 0) is 55.1 Å². The van der Waals surface area contributed by atoms with Crippen LogP contribution in [0, 0.1) is 23.7 Å². The van der Waals surface area contributed by atoms with Gasteiger partial charge in [0.1, 0.15) is 0 Å². The molecule has 0 radical (unpaired) electrons. The van der Waals surface area contributed by atoms with Crippen molar-refractivity contribution in [1.82, 2.24) is 0 Å². The van der Waals surface area contributed by atoms with E-state index in [0.29, 0.717) is 18.8 Å². The van der Waals surface area contributed by atoms with Gasteiger partial charge in [-0.1, -0.05) is 55.4 Å². The monoisotopic (exact) mass is 388 g/mol. The van der Waals surface area contributed by atoms with Gasteiger partial charge in [0.05, 0.1) is 18.1 Å². The minimum atomic E-state index is -1.94. The SMILES string of the molecule is CC(C)[C@@H](O)C[C@H](O[Si](C)(C)C(C)(C)C)[C@H](C)C[C@H](C)C[C@H](C)C(=O)O. The minimum Gasteiger partial charge on any atom is -0.481 e. The highest BCUT2D eigenvalue weighted by atomic mass is 28.4. The fraction of sp³-hybridized carbons (Fsp3) is 0.952. The standard InChI is InChI=1S/C21H44O4Si/c1-14(2)18(22)13-19(25-26(9,10)21(6,7)8)16(4)11-15(3)12-17(5)20(23)24/h14-19,22H,11-13H2,1-10H3,(H,23,24)/t15-,16+,17-,18-,19-/m0/s1. The van der Waals surface area contributed by atoms with Crippen LogP contribution < -0.4 is 0 Å². The van der Waals surface area contributed by atoms with Crippen molar-refractivity contribution >= 4 is 14.3 Å². The number of aliphatic hydroxyl groups excluding tert-OH is 1. The van der Waals surface area contributed by atoms with Gasteiger partial charge in [0.25, 0.3) is 0 Å². The predicted molar refractivity (Wildman–Crippen MR) is 112 cm³/mol. The molecule has 0 saturated carbocycles. The fourth-order valence-electron chi connectivity index (χ4n) is 3.05. The normalized spacial score (nSPS) is 19.1. The Morgan fingerprint density at radius 1 is 1.00 bits per heavy atom. The summed E-state index contributed by atoms with van der Waals surface area (Å²) in [7, 11) is -1.94. The number of aliphatic hydroxyl groups is 1. The Morgan fingerprint density at radius 3 is 1.88 bits per heavy atom. The summed E-state index contributed by atoms with van der Waals surface area (Å²) in [5, 5.41) is 19.7. The third-order valence-corrected chi connectivity index (χ3v) is 10.6. The van der Waals surface area contributed by atoms with Crippen molar-refractivity contribution in [3.8, 4) is 0 Å². The lowest BCUT2D eigenvalue weighted by molar-refractivity contribution is -0.141. The molecule has 0 aliphatic rings. The molecule has 0 heterocycles. The lowest BCUT2D eigenvalue weighted by atomic mass is 9.85. The Morgan fingerprint density at radius 2 is 1.50 bits per heavy atom. The molecule has 0 rings (SSSR count). The molecule has 0 aliphatic heterocycles. The van der Waals surface area contributed by atoms with Crippen LogP contribution in [0.2, 0.25) is 18.1 Å². The lowest BCUT2D eigenvalue weighted by Gasteiger charge is -2.42. The lowest BCUT2D eigenvalue weighted by Crippen LogP contribution is -2.46.